The van der Waals surface area contributed by atoms with E-state index in [9.17, 15) is 13.2 Å². The number of alkyl halides is 3. The molecule has 2 nitrogen and oxygen atoms in total. The largest absolute Gasteiger partial charge is 0.393 e. The number of likely N-dealkylation sites (tertiary alicyclic amines) is 1. The molecule has 1 saturated heterocycles. The molecule has 0 saturated carbocycles. The highest BCUT2D eigenvalue weighted by atomic mass is 32.1. The zero-order valence-corrected chi connectivity index (χ0v) is 13.4. The van der Waals surface area contributed by atoms with E-state index < -0.39 is 12.1 Å². The number of thiophene rings is 1. The molecule has 1 N–H and O–H groups in total. The van der Waals surface area contributed by atoms with E-state index in [4.69, 9.17) is 0 Å². The Labute approximate surface area is 128 Å². The molecule has 120 valence electrons. The fraction of sp³-hybridized carbons (Fsp3) is 0.733. The molecule has 1 aliphatic heterocycles. The molecule has 1 aromatic rings. The second-order valence-electron chi connectivity index (χ2n) is 5.69. The summed E-state index contributed by atoms with van der Waals surface area (Å²) in [5.74, 6) is -1.16. The molecule has 0 spiro atoms. The molecule has 21 heavy (non-hydrogen) atoms. The van der Waals surface area contributed by atoms with Gasteiger partial charge in [-0.3, -0.25) is 4.90 Å². The van der Waals surface area contributed by atoms with Crippen LogP contribution >= 0.6 is 11.3 Å². The molecule has 0 aliphatic carbocycles. The first-order chi connectivity index (χ1) is 9.90. The molecule has 2 heterocycles. The summed E-state index contributed by atoms with van der Waals surface area (Å²) >= 11 is 1.74. The summed E-state index contributed by atoms with van der Waals surface area (Å²) < 4.78 is 38.5. The van der Waals surface area contributed by atoms with Gasteiger partial charge in [-0.15, -0.1) is 11.3 Å². The Bertz CT molecular complexity index is 456. The average Bonchev–Trinajstić information content (AvgIpc) is 2.76. The Kier molecular flexibility index (Phi) is 5.68. The minimum atomic E-state index is -4.06. The monoisotopic (exact) mass is 320 g/mol. The van der Waals surface area contributed by atoms with Crippen molar-refractivity contribution in [1.82, 2.24) is 10.2 Å². The maximum atomic E-state index is 12.8. The van der Waals surface area contributed by atoms with Crippen molar-refractivity contribution >= 4 is 11.3 Å². The van der Waals surface area contributed by atoms with Crippen LogP contribution in [0.1, 0.15) is 35.1 Å². The number of aryl methyl sites for hydroxylation is 1. The minimum absolute atomic E-state index is 0.140. The van der Waals surface area contributed by atoms with Crippen molar-refractivity contribution in [3.63, 3.8) is 0 Å². The van der Waals surface area contributed by atoms with Gasteiger partial charge in [0.05, 0.1) is 5.92 Å². The minimum Gasteiger partial charge on any atom is -0.312 e. The van der Waals surface area contributed by atoms with Crippen molar-refractivity contribution in [2.24, 2.45) is 5.92 Å². The van der Waals surface area contributed by atoms with Crippen LogP contribution in [-0.2, 0) is 13.1 Å². The van der Waals surface area contributed by atoms with Crippen LogP contribution in [0.5, 0.6) is 0 Å². The smallest absolute Gasteiger partial charge is 0.312 e. The van der Waals surface area contributed by atoms with Crippen LogP contribution in [0.4, 0.5) is 13.2 Å². The Balaban J connectivity index is 1.96. The summed E-state index contributed by atoms with van der Waals surface area (Å²) in [4.78, 5) is 4.43. The van der Waals surface area contributed by atoms with Gasteiger partial charge in [-0.25, -0.2) is 0 Å². The molecule has 1 fully saturated rings. The molecule has 0 radical (unpaired) electrons. The third kappa shape index (κ3) is 4.69. The molecule has 0 amide bonds. The maximum Gasteiger partial charge on any atom is 0.393 e. The second-order valence-corrected chi connectivity index (χ2v) is 7.03. The third-order valence-corrected chi connectivity index (χ3v) is 5.08. The number of hydrogen-bond donors (Lipinski definition) is 1. The average molecular weight is 320 g/mol. The van der Waals surface area contributed by atoms with Crippen LogP contribution in [0.3, 0.4) is 0 Å². The van der Waals surface area contributed by atoms with E-state index in [0.29, 0.717) is 13.0 Å². The van der Waals surface area contributed by atoms with E-state index >= 15 is 0 Å². The lowest BCUT2D eigenvalue weighted by molar-refractivity contribution is -0.187. The van der Waals surface area contributed by atoms with Gasteiger partial charge in [-0.1, -0.05) is 6.92 Å². The Hall–Kier alpha value is -0.590. The Morgan fingerprint density at radius 1 is 1.43 bits per heavy atom. The highest BCUT2D eigenvalue weighted by Gasteiger charge is 2.41. The summed E-state index contributed by atoms with van der Waals surface area (Å²) in [5, 5.41) is 3.28. The van der Waals surface area contributed by atoms with Crippen LogP contribution in [0, 0.1) is 12.8 Å². The van der Waals surface area contributed by atoms with Crippen molar-refractivity contribution in [3.8, 4) is 0 Å². The highest BCUT2D eigenvalue weighted by molar-refractivity contribution is 7.12. The summed E-state index contributed by atoms with van der Waals surface area (Å²) in [7, 11) is 0. The summed E-state index contributed by atoms with van der Waals surface area (Å²) in [6, 6.07) is 2.14. The predicted molar refractivity (Wildman–Crippen MR) is 80.5 cm³/mol. The molecular formula is C15H23F3N2S. The summed E-state index contributed by atoms with van der Waals surface area (Å²) in [5.41, 5.74) is 1.18. The molecular weight excluding hydrogens is 297 g/mol. The molecule has 1 atom stereocenters. The first-order valence-electron chi connectivity index (χ1n) is 7.48. The van der Waals surface area contributed by atoms with E-state index in [1.807, 2.05) is 4.90 Å². The van der Waals surface area contributed by atoms with E-state index in [0.717, 1.165) is 19.6 Å². The fourth-order valence-corrected chi connectivity index (χ4v) is 3.81. The molecule has 0 bridgehead atoms. The Morgan fingerprint density at radius 2 is 2.19 bits per heavy atom. The zero-order valence-electron chi connectivity index (χ0n) is 12.6. The van der Waals surface area contributed by atoms with E-state index in [1.54, 1.807) is 11.3 Å². The van der Waals surface area contributed by atoms with Gasteiger partial charge in [0.15, 0.2) is 0 Å². The van der Waals surface area contributed by atoms with Crippen LogP contribution in [0.15, 0.2) is 6.07 Å². The van der Waals surface area contributed by atoms with E-state index in [-0.39, 0.29) is 13.0 Å². The van der Waals surface area contributed by atoms with Crippen LogP contribution in [0.2, 0.25) is 0 Å². The lowest BCUT2D eigenvalue weighted by Crippen LogP contribution is -2.41. The first kappa shape index (κ1) is 16.8. The van der Waals surface area contributed by atoms with Crippen molar-refractivity contribution < 1.29 is 13.2 Å². The number of nitrogens with zero attached hydrogens (tertiary/aromatic N) is 1. The van der Waals surface area contributed by atoms with Gasteiger partial charge in [-0.05, 0) is 44.5 Å². The quantitative estimate of drug-likeness (QED) is 0.884. The first-order valence-corrected chi connectivity index (χ1v) is 8.29. The lowest BCUT2D eigenvalue weighted by Gasteiger charge is -2.33. The van der Waals surface area contributed by atoms with Crippen molar-refractivity contribution in [3.05, 3.63) is 21.4 Å². The lowest BCUT2D eigenvalue weighted by atomic mass is 9.97. The SMILES string of the molecule is CCNCc1cc(CN2CCCC(C(F)(F)F)C2)c(C)s1. The number of nitrogens with one attached hydrogen (secondary N) is 1. The van der Waals surface area contributed by atoms with Crippen molar-refractivity contribution in [2.45, 2.75) is 46.0 Å². The van der Waals surface area contributed by atoms with Gasteiger partial charge in [0.2, 0.25) is 0 Å². The van der Waals surface area contributed by atoms with Gasteiger partial charge in [0.25, 0.3) is 0 Å². The highest BCUT2D eigenvalue weighted by Crippen LogP contribution is 2.34. The molecule has 6 heteroatoms. The summed E-state index contributed by atoms with van der Waals surface area (Å²) in [6.07, 6.45) is -3.15. The van der Waals surface area contributed by atoms with Gasteiger partial charge in [0, 0.05) is 29.4 Å². The third-order valence-electron chi connectivity index (χ3n) is 3.98. The van der Waals surface area contributed by atoms with Gasteiger partial charge in [0.1, 0.15) is 0 Å². The number of rotatable bonds is 5. The molecule has 1 aromatic heterocycles. The standard InChI is InChI=1S/C15H23F3N2S/c1-3-19-8-14-7-12(11(2)21-14)9-20-6-4-5-13(10-20)15(16,17)18/h7,13,19H,3-6,8-10H2,1-2H3. The molecule has 0 aromatic carbocycles. The number of hydrogen-bond acceptors (Lipinski definition) is 3. The van der Waals surface area contributed by atoms with Crippen molar-refractivity contribution in [2.75, 3.05) is 19.6 Å². The topological polar surface area (TPSA) is 15.3 Å². The number of piperidine rings is 1. The van der Waals surface area contributed by atoms with Crippen LogP contribution in [0.25, 0.3) is 0 Å². The second kappa shape index (κ2) is 7.11. The van der Waals surface area contributed by atoms with Gasteiger partial charge in [-0.2, -0.15) is 13.2 Å². The Morgan fingerprint density at radius 3 is 2.86 bits per heavy atom. The van der Waals surface area contributed by atoms with Gasteiger partial charge >= 0.3 is 6.18 Å². The predicted octanol–water partition coefficient (Wildman–Crippen LogP) is 3.94. The van der Waals surface area contributed by atoms with Crippen LogP contribution in [-0.4, -0.2) is 30.7 Å². The van der Waals surface area contributed by atoms with Crippen LogP contribution < -0.4 is 5.32 Å². The normalized spacial score (nSPS) is 20.9. The van der Waals surface area contributed by atoms with E-state index in [1.165, 1.54) is 15.3 Å². The van der Waals surface area contributed by atoms with Crippen molar-refractivity contribution in [1.29, 1.82) is 0 Å². The van der Waals surface area contributed by atoms with Gasteiger partial charge < -0.3 is 5.32 Å². The molecule has 1 aliphatic rings. The summed E-state index contributed by atoms with van der Waals surface area (Å²) in [6.45, 7) is 7.43. The van der Waals surface area contributed by atoms with E-state index in [2.05, 4.69) is 25.2 Å². The molecule has 1 unspecified atom stereocenters. The zero-order chi connectivity index (χ0) is 15.5. The number of halogens is 3. The maximum absolute atomic E-state index is 12.8. The molecule has 2 rings (SSSR count). The fourth-order valence-electron chi connectivity index (χ4n) is 2.79.